The predicted molar refractivity (Wildman–Crippen MR) is 69.0 cm³/mol. The number of carbonyl (C=O) groups excluding carboxylic acids is 1. The van der Waals surface area contributed by atoms with E-state index in [0.717, 1.165) is 25.4 Å². The number of hydrogen-bond donors (Lipinski definition) is 0. The van der Waals surface area contributed by atoms with E-state index in [2.05, 4.69) is 4.90 Å². The van der Waals surface area contributed by atoms with Crippen LogP contribution in [0, 0.1) is 0 Å². The molecule has 1 heterocycles. The fourth-order valence-corrected chi connectivity index (χ4v) is 2.08. The van der Waals surface area contributed by atoms with Crippen LogP contribution in [-0.4, -0.2) is 44.2 Å². The topological polar surface area (TPSA) is 38.8 Å². The van der Waals surface area contributed by atoms with Crippen LogP contribution in [0.2, 0.25) is 0 Å². The van der Waals surface area contributed by atoms with Crippen LogP contribution >= 0.6 is 0 Å². The summed E-state index contributed by atoms with van der Waals surface area (Å²) in [4.78, 5) is 14.1. The molecule has 0 saturated carbocycles. The zero-order chi connectivity index (χ0) is 12.8. The third kappa shape index (κ3) is 3.47. The first-order chi connectivity index (χ1) is 8.79. The molecule has 0 aliphatic carbocycles. The van der Waals surface area contributed by atoms with Gasteiger partial charge in [-0.25, -0.2) is 4.79 Å². The molecule has 98 valence electrons. The zero-order valence-electron chi connectivity index (χ0n) is 10.7. The molecule has 0 amide bonds. The molecule has 0 bridgehead atoms. The third-order valence-corrected chi connectivity index (χ3v) is 3.17. The fraction of sp³-hybridized carbons (Fsp3) is 0.500. The van der Waals surface area contributed by atoms with Crippen molar-refractivity contribution >= 4 is 5.97 Å². The van der Waals surface area contributed by atoms with Gasteiger partial charge in [-0.05, 0) is 50.2 Å². The van der Waals surface area contributed by atoms with Gasteiger partial charge in [-0.3, -0.25) is 4.90 Å². The summed E-state index contributed by atoms with van der Waals surface area (Å²) in [7, 11) is 1.60. The van der Waals surface area contributed by atoms with Crippen LogP contribution in [0.15, 0.2) is 24.3 Å². The van der Waals surface area contributed by atoms with Gasteiger partial charge in [-0.2, -0.15) is 0 Å². The monoisotopic (exact) mass is 249 g/mol. The molecule has 1 fully saturated rings. The van der Waals surface area contributed by atoms with E-state index in [4.69, 9.17) is 9.47 Å². The standard InChI is InChI=1S/C14H19NO3/c1-17-13-6-4-12(5-7-13)14(16)18-11-10-15-8-2-3-9-15/h4-7H,2-3,8-11H2,1H3. The molecule has 0 radical (unpaired) electrons. The fourth-order valence-electron chi connectivity index (χ4n) is 2.08. The molecular weight excluding hydrogens is 230 g/mol. The summed E-state index contributed by atoms with van der Waals surface area (Å²) in [6, 6.07) is 6.96. The van der Waals surface area contributed by atoms with Gasteiger partial charge in [0.25, 0.3) is 0 Å². The highest BCUT2D eigenvalue weighted by Crippen LogP contribution is 2.12. The predicted octanol–water partition coefficient (Wildman–Crippen LogP) is 1.95. The normalized spacial score (nSPS) is 15.6. The summed E-state index contributed by atoms with van der Waals surface area (Å²) in [5.41, 5.74) is 0.567. The lowest BCUT2D eigenvalue weighted by Gasteiger charge is -2.14. The minimum absolute atomic E-state index is 0.267. The molecule has 0 atom stereocenters. The Kier molecular flexibility index (Phi) is 4.59. The smallest absolute Gasteiger partial charge is 0.338 e. The Morgan fingerprint density at radius 2 is 1.89 bits per heavy atom. The number of carbonyl (C=O) groups is 1. The van der Waals surface area contributed by atoms with E-state index >= 15 is 0 Å². The summed E-state index contributed by atoms with van der Waals surface area (Å²) in [6.45, 7) is 3.55. The summed E-state index contributed by atoms with van der Waals surface area (Å²) >= 11 is 0. The summed E-state index contributed by atoms with van der Waals surface area (Å²) in [6.07, 6.45) is 2.51. The molecule has 1 aromatic carbocycles. The van der Waals surface area contributed by atoms with E-state index in [9.17, 15) is 4.79 Å². The maximum atomic E-state index is 11.7. The summed E-state index contributed by atoms with van der Waals surface area (Å²) < 4.78 is 10.3. The molecule has 0 N–H and O–H groups in total. The van der Waals surface area contributed by atoms with E-state index in [1.807, 2.05) is 0 Å². The molecule has 1 aromatic rings. The van der Waals surface area contributed by atoms with Crippen LogP contribution in [0.5, 0.6) is 5.75 Å². The van der Waals surface area contributed by atoms with Crippen molar-refractivity contribution in [2.75, 3.05) is 33.4 Å². The number of benzene rings is 1. The SMILES string of the molecule is COc1ccc(C(=O)OCCN2CCCC2)cc1. The van der Waals surface area contributed by atoms with Crippen LogP contribution in [0.4, 0.5) is 0 Å². The number of rotatable bonds is 5. The molecule has 18 heavy (non-hydrogen) atoms. The molecule has 1 aliphatic heterocycles. The summed E-state index contributed by atoms with van der Waals surface area (Å²) in [5, 5.41) is 0. The van der Waals surface area contributed by atoms with E-state index in [0.29, 0.717) is 12.2 Å². The molecule has 0 spiro atoms. The van der Waals surface area contributed by atoms with Gasteiger partial charge in [0.15, 0.2) is 0 Å². The molecule has 1 aliphatic rings. The lowest BCUT2D eigenvalue weighted by molar-refractivity contribution is 0.0472. The average Bonchev–Trinajstić information content (AvgIpc) is 2.92. The van der Waals surface area contributed by atoms with Gasteiger partial charge in [-0.15, -0.1) is 0 Å². The van der Waals surface area contributed by atoms with Gasteiger partial charge in [0.05, 0.1) is 12.7 Å². The average molecular weight is 249 g/mol. The van der Waals surface area contributed by atoms with Crippen molar-refractivity contribution in [1.29, 1.82) is 0 Å². The first-order valence-corrected chi connectivity index (χ1v) is 6.33. The van der Waals surface area contributed by atoms with Gasteiger partial charge >= 0.3 is 5.97 Å². The van der Waals surface area contributed by atoms with Crippen molar-refractivity contribution < 1.29 is 14.3 Å². The number of methoxy groups -OCH3 is 1. The van der Waals surface area contributed by atoms with Crippen LogP contribution in [-0.2, 0) is 4.74 Å². The number of likely N-dealkylation sites (tertiary alicyclic amines) is 1. The lowest BCUT2D eigenvalue weighted by atomic mass is 10.2. The molecular formula is C14H19NO3. The molecule has 4 nitrogen and oxygen atoms in total. The van der Waals surface area contributed by atoms with Crippen molar-refractivity contribution in [3.63, 3.8) is 0 Å². The van der Waals surface area contributed by atoms with Gasteiger partial charge in [0.2, 0.25) is 0 Å². The third-order valence-electron chi connectivity index (χ3n) is 3.17. The Morgan fingerprint density at radius 3 is 2.50 bits per heavy atom. The second kappa shape index (κ2) is 6.40. The number of esters is 1. The number of ether oxygens (including phenoxy) is 2. The molecule has 2 rings (SSSR count). The Labute approximate surface area is 107 Å². The van der Waals surface area contributed by atoms with Crippen molar-refractivity contribution in [1.82, 2.24) is 4.90 Å². The van der Waals surface area contributed by atoms with Gasteiger partial charge in [0.1, 0.15) is 12.4 Å². The van der Waals surface area contributed by atoms with Crippen molar-refractivity contribution in [3.8, 4) is 5.75 Å². The molecule has 0 unspecified atom stereocenters. The Bertz CT molecular complexity index is 383. The Hall–Kier alpha value is -1.55. The second-order valence-corrected chi connectivity index (χ2v) is 4.41. The minimum atomic E-state index is -0.267. The largest absolute Gasteiger partial charge is 0.497 e. The second-order valence-electron chi connectivity index (χ2n) is 4.41. The van der Waals surface area contributed by atoms with Gasteiger partial charge in [0, 0.05) is 6.54 Å². The molecule has 1 saturated heterocycles. The van der Waals surface area contributed by atoms with Crippen LogP contribution in [0.25, 0.3) is 0 Å². The first-order valence-electron chi connectivity index (χ1n) is 6.33. The minimum Gasteiger partial charge on any atom is -0.497 e. The molecule has 4 heteroatoms. The van der Waals surface area contributed by atoms with Gasteiger partial charge in [-0.1, -0.05) is 0 Å². The van der Waals surface area contributed by atoms with Crippen molar-refractivity contribution in [2.45, 2.75) is 12.8 Å². The van der Waals surface area contributed by atoms with Gasteiger partial charge < -0.3 is 9.47 Å². The van der Waals surface area contributed by atoms with E-state index in [1.165, 1.54) is 12.8 Å². The highest BCUT2D eigenvalue weighted by Gasteiger charge is 2.12. The lowest BCUT2D eigenvalue weighted by Crippen LogP contribution is -2.25. The maximum absolute atomic E-state index is 11.7. The zero-order valence-corrected chi connectivity index (χ0v) is 10.7. The Balaban J connectivity index is 1.76. The summed E-state index contributed by atoms with van der Waals surface area (Å²) in [5.74, 6) is 0.473. The van der Waals surface area contributed by atoms with E-state index < -0.39 is 0 Å². The molecule has 0 aromatic heterocycles. The Morgan fingerprint density at radius 1 is 1.22 bits per heavy atom. The van der Waals surface area contributed by atoms with E-state index in [-0.39, 0.29) is 5.97 Å². The number of hydrogen-bond acceptors (Lipinski definition) is 4. The van der Waals surface area contributed by atoms with Crippen molar-refractivity contribution in [2.24, 2.45) is 0 Å². The highest BCUT2D eigenvalue weighted by atomic mass is 16.5. The van der Waals surface area contributed by atoms with Crippen molar-refractivity contribution in [3.05, 3.63) is 29.8 Å². The quantitative estimate of drug-likeness (QED) is 0.748. The van der Waals surface area contributed by atoms with Crippen LogP contribution < -0.4 is 4.74 Å². The van der Waals surface area contributed by atoms with Crippen LogP contribution in [0.3, 0.4) is 0 Å². The highest BCUT2D eigenvalue weighted by molar-refractivity contribution is 5.89. The number of nitrogens with zero attached hydrogens (tertiary/aromatic N) is 1. The van der Waals surface area contributed by atoms with E-state index in [1.54, 1.807) is 31.4 Å². The maximum Gasteiger partial charge on any atom is 0.338 e. The van der Waals surface area contributed by atoms with Crippen LogP contribution in [0.1, 0.15) is 23.2 Å². The first kappa shape index (κ1) is 12.9.